The smallest absolute Gasteiger partial charge is 0.416 e. The van der Waals surface area contributed by atoms with E-state index in [0.29, 0.717) is 23.1 Å². The van der Waals surface area contributed by atoms with Gasteiger partial charge in [-0.25, -0.2) is 8.42 Å². The molecule has 0 aliphatic carbocycles. The maximum absolute atomic E-state index is 12.7. The molecule has 32 heavy (non-hydrogen) atoms. The van der Waals surface area contributed by atoms with E-state index in [-0.39, 0.29) is 13.3 Å². The van der Waals surface area contributed by atoms with Crippen LogP contribution in [0.25, 0.3) is 0 Å². The number of amides is 1. The summed E-state index contributed by atoms with van der Waals surface area (Å²) in [6.07, 6.45) is -4.72. The van der Waals surface area contributed by atoms with Crippen LogP contribution in [0.3, 0.4) is 0 Å². The van der Waals surface area contributed by atoms with Crippen LogP contribution in [-0.2, 0) is 37.1 Å². The molecule has 2 N–H and O–H groups in total. The second-order valence-electron chi connectivity index (χ2n) is 6.48. The number of carbonyl (C=O) groups excluding carboxylic acids is 2. The summed E-state index contributed by atoms with van der Waals surface area (Å²) in [5.41, 5.74) is -0.440. The van der Waals surface area contributed by atoms with Gasteiger partial charge in [0.05, 0.1) is 10.5 Å². The van der Waals surface area contributed by atoms with Crippen molar-refractivity contribution in [3.05, 3.63) is 53.6 Å². The number of carbonyl (C=O) groups is 2. The van der Waals surface area contributed by atoms with Crippen LogP contribution >= 0.6 is 0 Å². The van der Waals surface area contributed by atoms with Crippen molar-refractivity contribution in [3.63, 3.8) is 0 Å². The topological polar surface area (TPSA) is 120 Å². The molecule has 3 rings (SSSR count). The fourth-order valence-electron chi connectivity index (χ4n) is 2.58. The summed E-state index contributed by atoms with van der Waals surface area (Å²) >= 11 is 0. The second-order valence-corrected chi connectivity index (χ2v) is 8.24. The molecule has 1 aliphatic heterocycles. The molecule has 0 spiro atoms. The van der Waals surface area contributed by atoms with Crippen molar-refractivity contribution < 1.29 is 45.4 Å². The van der Waals surface area contributed by atoms with Gasteiger partial charge in [0, 0.05) is 6.54 Å². The van der Waals surface area contributed by atoms with E-state index in [0.717, 1.165) is 18.2 Å². The Hall–Kier alpha value is -3.32. The van der Waals surface area contributed by atoms with Crippen LogP contribution < -0.4 is 19.5 Å². The molecular formula is C19H17F3N2O7S. The largest absolute Gasteiger partial charge is 0.455 e. The minimum absolute atomic E-state index is 0.110. The molecule has 1 amide bonds. The van der Waals surface area contributed by atoms with Crippen LogP contribution in [0.4, 0.5) is 13.2 Å². The summed E-state index contributed by atoms with van der Waals surface area (Å²) < 4.78 is 79.3. The molecule has 2 aromatic carbocycles. The van der Waals surface area contributed by atoms with Gasteiger partial charge in [-0.2, -0.15) is 17.9 Å². The first-order valence-electron chi connectivity index (χ1n) is 9.02. The maximum atomic E-state index is 12.7. The Morgan fingerprint density at radius 1 is 1.06 bits per heavy atom. The summed E-state index contributed by atoms with van der Waals surface area (Å²) in [6.45, 7) is -1.31. The van der Waals surface area contributed by atoms with Crippen LogP contribution in [-0.4, -0.2) is 40.2 Å². The van der Waals surface area contributed by atoms with Crippen molar-refractivity contribution in [2.75, 3.05) is 19.9 Å². The van der Waals surface area contributed by atoms with Gasteiger partial charge in [-0.05, 0) is 35.9 Å². The van der Waals surface area contributed by atoms with Gasteiger partial charge in [0.15, 0.2) is 18.1 Å². The Labute approximate surface area is 180 Å². The first kappa shape index (κ1) is 23.3. The molecule has 0 radical (unpaired) electrons. The summed E-state index contributed by atoms with van der Waals surface area (Å²) in [4.78, 5) is 22.9. The van der Waals surface area contributed by atoms with Gasteiger partial charge in [0.2, 0.25) is 16.8 Å². The second kappa shape index (κ2) is 9.44. The quantitative estimate of drug-likeness (QED) is 0.558. The van der Waals surface area contributed by atoms with E-state index in [2.05, 4.69) is 10.1 Å². The first-order valence-corrected chi connectivity index (χ1v) is 10.5. The van der Waals surface area contributed by atoms with Gasteiger partial charge in [0.25, 0.3) is 5.91 Å². The fraction of sp³-hybridized carbons (Fsp3) is 0.263. The molecule has 1 heterocycles. The van der Waals surface area contributed by atoms with Gasteiger partial charge in [-0.1, -0.05) is 12.1 Å². The van der Waals surface area contributed by atoms with Crippen molar-refractivity contribution in [2.24, 2.45) is 0 Å². The molecule has 0 fully saturated rings. The molecule has 9 nitrogen and oxygen atoms in total. The number of alkyl halides is 3. The molecule has 0 bridgehead atoms. The van der Waals surface area contributed by atoms with Crippen LogP contribution in [0.15, 0.2) is 47.4 Å². The van der Waals surface area contributed by atoms with Crippen molar-refractivity contribution >= 4 is 21.9 Å². The third kappa shape index (κ3) is 6.11. The normalized spacial score (nSPS) is 13.0. The lowest BCUT2D eigenvalue weighted by Crippen LogP contribution is -2.33. The number of halogens is 3. The average molecular weight is 474 g/mol. The molecule has 0 atom stereocenters. The van der Waals surface area contributed by atoms with Crippen molar-refractivity contribution in [1.82, 2.24) is 10.0 Å². The van der Waals surface area contributed by atoms with E-state index in [1.54, 1.807) is 18.2 Å². The fourth-order valence-corrected chi connectivity index (χ4v) is 3.59. The first-order chi connectivity index (χ1) is 15.0. The lowest BCUT2D eigenvalue weighted by molar-refractivity contribution is -0.147. The number of fused-ring (bicyclic) bond motifs is 1. The van der Waals surface area contributed by atoms with E-state index in [1.165, 1.54) is 0 Å². The van der Waals surface area contributed by atoms with E-state index in [1.807, 2.05) is 4.72 Å². The number of ether oxygens (including phenoxy) is 3. The molecule has 0 aromatic heterocycles. The molecule has 2 aromatic rings. The zero-order valence-corrected chi connectivity index (χ0v) is 17.1. The predicted octanol–water partition coefficient (Wildman–Crippen LogP) is 1.57. The minimum atomic E-state index is -4.72. The monoisotopic (exact) mass is 474 g/mol. The van der Waals surface area contributed by atoms with E-state index in [4.69, 9.17) is 9.47 Å². The van der Waals surface area contributed by atoms with Gasteiger partial charge in [0.1, 0.15) is 6.54 Å². The maximum Gasteiger partial charge on any atom is 0.416 e. The highest BCUT2D eigenvalue weighted by Crippen LogP contribution is 2.32. The number of esters is 1. The third-order valence-electron chi connectivity index (χ3n) is 4.17. The summed E-state index contributed by atoms with van der Waals surface area (Å²) in [5, 5.41) is 2.51. The summed E-state index contributed by atoms with van der Waals surface area (Å²) in [5.74, 6) is -0.603. The average Bonchev–Trinajstić information content (AvgIpc) is 3.22. The van der Waals surface area contributed by atoms with Gasteiger partial charge < -0.3 is 19.5 Å². The zero-order valence-electron chi connectivity index (χ0n) is 16.3. The number of sulfonamides is 1. The van der Waals surface area contributed by atoms with Gasteiger partial charge in [-0.15, -0.1) is 0 Å². The Balaban J connectivity index is 1.44. The van der Waals surface area contributed by atoms with Gasteiger partial charge in [-0.3, -0.25) is 9.59 Å². The Morgan fingerprint density at radius 2 is 1.81 bits per heavy atom. The molecule has 13 heteroatoms. The zero-order chi connectivity index (χ0) is 23.4. The van der Waals surface area contributed by atoms with E-state index < -0.39 is 51.7 Å². The molecule has 0 unspecified atom stereocenters. The van der Waals surface area contributed by atoms with Crippen LogP contribution in [0.5, 0.6) is 11.5 Å². The number of nitrogens with one attached hydrogen (secondary N) is 2. The van der Waals surface area contributed by atoms with E-state index >= 15 is 0 Å². The van der Waals surface area contributed by atoms with Crippen molar-refractivity contribution in [1.29, 1.82) is 0 Å². The number of hydrogen-bond acceptors (Lipinski definition) is 7. The standard InChI is InChI=1S/C19H17F3N2O7S/c20-19(21,22)13-2-1-3-14(7-13)32(27,28)24-9-18(26)29-10-17(25)23-8-12-4-5-15-16(6-12)31-11-30-15/h1-7,24H,8-11H2,(H,23,25). The third-order valence-corrected chi connectivity index (χ3v) is 5.57. The molecule has 172 valence electrons. The Bertz CT molecular complexity index is 1120. The molecule has 0 saturated carbocycles. The minimum Gasteiger partial charge on any atom is -0.455 e. The Kier molecular flexibility index (Phi) is 6.89. The van der Waals surface area contributed by atoms with Crippen molar-refractivity contribution in [2.45, 2.75) is 17.6 Å². The number of benzene rings is 2. The number of hydrogen-bond donors (Lipinski definition) is 2. The predicted molar refractivity (Wildman–Crippen MR) is 102 cm³/mol. The lowest BCUT2D eigenvalue weighted by atomic mass is 10.2. The van der Waals surface area contributed by atoms with Crippen molar-refractivity contribution in [3.8, 4) is 11.5 Å². The van der Waals surface area contributed by atoms with Crippen LogP contribution in [0.1, 0.15) is 11.1 Å². The van der Waals surface area contributed by atoms with Crippen LogP contribution in [0, 0.1) is 0 Å². The lowest BCUT2D eigenvalue weighted by Gasteiger charge is -2.10. The highest BCUT2D eigenvalue weighted by Gasteiger charge is 2.31. The number of rotatable bonds is 8. The molecule has 1 aliphatic rings. The highest BCUT2D eigenvalue weighted by molar-refractivity contribution is 7.89. The SMILES string of the molecule is O=C(COC(=O)CNS(=O)(=O)c1cccc(C(F)(F)F)c1)NCc1ccc2c(c1)OCO2. The van der Waals surface area contributed by atoms with E-state index in [9.17, 15) is 31.2 Å². The molecule has 0 saturated heterocycles. The van der Waals surface area contributed by atoms with Crippen LogP contribution in [0.2, 0.25) is 0 Å². The Morgan fingerprint density at radius 3 is 2.56 bits per heavy atom. The molecular weight excluding hydrogens is 457 g/mol. The summed E-state index contributed by atoms with van der Waals surface area (Å²) in [6, 6.07) is 8.11. The summed E-state index contributed by atoms with van der Waals surface area (Å²) in [7, 11) is -4.40. The highest BCUT2D eigenvalue weighted by atomic mass is 32.2. The van der Waals surface area contributed by atoms with Gasteiger partial charge >= 0.3 is 12.1 Å².